The number of benzene rings is 6. The lowest BCUT2D eigenvalue weighted by molar-refractivity contribution is 1.34. The molecule has 0 heterocycles. The highest BCUT2D eigenvalue weighted by Gasteiger charge is 2.17. The maximum absolute atomic E-state index is 6.17. The van der Waals surface area contributed by atoms with Gasteiger partial charge in [-0.1, -0.05) is 115 Å². The van der Waals surface area contributed by atoms with Crippen LogP contribution in [0.25, 0.3) is 49.0 Å². The molecule has 38 heavy (non-hydrogen) atoms. The second kappa shape index (κ2) is 10.3. The highest BCUT2D eigenvalue weighted by Crippen LogP contribution is 2.42. The molecule has 0 bridgehead atoms. The normalized spacial score (nSPS) is 12.1. The Kier molecular flexibility index (Phi) is 6.37. The van der Waals surface area contributed by atoms with Gasteiger partial charge in [-0.3, -0.25) is 0 Å². The van der Waals surface area contributed by atoms with Gasteiger partial charge >= 0.3 is 0 Å². The summed E-state index contributed by atoms with van der Waals surface area (Å²) in [5.41, 5.74) is 12.8. The van der Waals surface area contributed by atoms with Gasteiger partial charge < -0.3 is 11.1 Å². The summed E-state index contributed by atoms with van der Waals surface area (Å²) in [6.45, 7) is 2.74. The summed E-state index contributed by atoms with van der Waals surface area (Å²) in [4.78, 5) is 0. The standard InChI is InChI=1S/C36H30N2/c1-2-11-26(22-23-38-34-19-10-9-18-33(34)37)35-29-14-5-7-16-31(29)36(32-17-8-6-15-30(32)35)28-21-20-25-12-3-4-13-27(25)24-28/h2-22,24,38H,23,37H2,1H3/b11-2-,26-22+. The van der Waals surface area contributed by atoms with Crippen molar-refractivity contribution >= 4 is 49.3 Å². The van der Waals surface area contributed by atoms with E-state index in [4.69, 9.17) is 5.73 Å². The maximum Gasteiger partial charge on any atom is 0.0576 e. The lowest BCUT2D eigenvalue weighted by Crippen LogP contribution is -2.02. The molecule has 2 heteroatoms. The van der Waals surface area contributed by atoms with E-state index < -0.39 is 0 Å². The van der Waals surface area contributed by atoms with Gasteiger partial charge in [-0.25, -0.2) is 0 Å². The second-order valence-electron chi connectivity index (χ2n) is 9.53. The summed E-state index contributed by atoms with van der Waals surface area (Å²) in [5.74, 6) is 0. The first-order valence-electron chi connectivity index (χ1n) is 13.1. The van der Waals surface area contributed by atoms with Crippen LogP contribution >= 0.6 is 0 Å². The Balaban J connectivity index is 1.57. The topological polar surface area (TPSA) is 38.0 Å². The Labute approximate surface area is 223 Å². The van der Waals surface area contributed by atoms with E-state index in [0.717, 1.165) is 11.4 Å². The molecule has 0 saturated carbocycles. The van der Waals surface area contributed by atoms with E-state index in [-0.39, 0.29) is 0 Å². The summed E-state index contributed by atoms with van der Waals surface area (Å²) in [6.07, 6.45) is 6.58. The molecule has 0 atom stereocenters. The third-order valence-electron chi connectivity index (χ3n) is 7.18. The van der Waals surface area contributed by atoms with Gasteiger partial charge in [0.15, 0.2) is 0 Å². The number of fused-ring (bicyclic) bond motifs is 3. The Morgan fingerprint density at radius 3 is 1.97 bits per heavy atom. The van der Waals surface area contributed by atoms with Crippen molar-refractivity contribution in [1.29, 1.82) is 0 Å². The number of hydrogen-bond acceptors (Lipinski definition) is 2. The number of hydrogen-bond donors (Lipinski definition) is 2. The summed E-state index contributed by atoms with van der Waals surface area (Å²) in [5, 5.41) is 11.0. The van der Waals surface area contributed by atoms with Crippen LogP contribution in [0.15, 0.2) is 133 Å². The van der Waals surface area contributed by atoms with Crippen LogP contribution in [0.5, 0.6) is 0 Å². The molecule has 3 N–H and O–H groups in total. The van der Waals surface area contributed by atoms with Crippen molar-refractivity contribution in [1.82, 2.24) is 0 Å². The predicted molar refractivity (Wildman–Crippen MR) is 167 cm³/mol. The van der Waals surface area contributed by atoms with Crippen LogP contribution in [-0.2, 0) is 0 Å². The van der Waals surface area contributed by atoms with E-state index in [1.54, 1.807) is 0 Å². The van der Waals surface area contributed by atoms with Gasteiger partial charge in [-0.05, 0) is 79.7 Å². The molecule has 0 unspecified atom stereocenters. The SMILES string of the molecule is C/C=C\C(=C/CNc1ccccc1N)c1c2ccccc2c(-c2ccc3ccccc3c2)c2ccccc12. The van der Waals surface area contributed by atoms with Crippen LogP contribution in [0.3, 0.4) is 0 Å². The largest absolute Gasteiger partial charge is 0.397 e. The molecule has 184 valence electrons. The molecule has 0 fully saturated rings. The number of allylic oxidation sites excluding steroid dienone is 3. The minimum Gasteiger partial charge on any atom is -0.397 e. The Morgan fingerprint density at radius 1 is 0.684 bits per heavy atom. The molecule has 6 rings (SSSR count). The smallest absolute Gasteiger partial charge is 0.0576 e. The lowest BCUT2D eigenvalue weighted by atomic mass is 9.85. The molecule has 0 radical (unpaired) electrons. The van der Waals surface area contributed by atoms with Gasteiger partial charge in [0.25, 0.3) is 0 Å². The third-order valence-corrected chi connectivity index (χ3v) is 7.18. The van der Waals surface area contributed by atoms with E-state index in [1.165, 1.54) is 54.6 Å². The first-order chi connectivity index (χ1) is 18.7. The zero-order chi connectivity index (χ0) is 25.9. The minimum atomic E-state index is 0.670. The van der Waals surface area contributed by atoms with Gasteiger partial charge in [-0.2, -0.15) is 0 Å². The molecular formula is C36H30N2. The average molecular weight is 491 g/mol. The van der Waals surface area contributed by atoms with Crippen molar-refractivity contribution in [3.63, 3.8) is 0 Å². The van der Waals surface area contributed by atoms with Gasteiger partial charge in [0, 0.05) is 6.54 Å². The molecule has 0 saturated heterocycles. The number of anilines is 2. The number of para-hydroxylation sites is 2. The van der Waals surface area contributed by atoms with Crippen LogP contribution in [0.4, 0.5) is 11.4 Å². The van der Waals surface area contributed by atoms with Crippen molar-refractivity contribution in [2.24, 2.45) is 0 Å². The zero-order valence-corrected chi connectivity index (χ0v) is 21.5. The molecule has 0 aromatic heterocycles. The molecule has 0 aliphatic rings. The molecule has 0 amide bonds. The number of nitrogens with one attached hydrogen (secondary N) is 1. The number of nitrogens with two attached hydrogens (primary N) is 1. The van der Waals surface area contributed by atoms with Crippen LogP contribution in [0.1, 0.15) is 12.5 Å². The van der Waals surface area contributed by atoms with Gasteiger partial charge in [-0.15, -0.1) is 0 Å². The molecule has 0 spiro atoms. The van der Waals surface area contributed by atoms with Crippen LogP contribution in [0, 0.1) is 0 Å². The minimum absolute atomic E-state index is 0.670. The quantitative estimate of drug-likeness (QED) is 0.139. The van der Waals surface area contributed by atoms with E-state index in [1.807, 2.05) is 24.3 Å². The third kappa shape index (κ3) is 4.31. The monoisotopic (exact) mass is 490 g/mol. The molecule has 6 aromatic carbocycles. The molecule has 0 aliphatic carbocycles. The first kappa shape index (κ1) is 23.6. The fourth-order valence-electron chi connectivity index (χ4n) is 5.46. The fourth-order valence-corrected chi connectivity index (χ4v) is 5.46. The average Bonchev–Trinajstić information content (AvgIpc) is 2.96. The van der Waals surface area contributed by atoms with Crippen molar-refractivity contribution in [2.75, 3.05) is 17.6 Å². The highest BCUT2D eigenvalue weighted by atomic mass is 14.9. The predicted octanol–water partition coefficient (Wildman–Crippen LogP) is 9.47. The fraction of sp³-hybridized carbons (Fsp3) is 0.0556. The van der Waals surface area contributed by atoms with Crippen molar-refractivity contribution in [3.8, 4) is 11.1 Å². The molecule has 6 aromatic rings. The highest BCUT2D eigenvalue weighted by molar-refractivity contribution is 6.19. The van der Waals surface area contributed by atoms with Crippen LogP contribution in [0.2, 0.25) is 0 Å². The summed E-state index contributed by atoms with van der Waals surface area (Å²) >= 11 is 0. The van der Waals surface area contributed by atoms with Gasteiger partial charge in [0.1, 0.15) is 0 Å². The molecule has 0 aliphatic heterocycles. The Morgan fingerprint density at radius 2 is 1.29 bits per heavy atom. The number of rotatable bonds is 6. The summed E-state index contributed by atoms with van der Waals surface area (Å²) < 4.78 is 0. The lowest BCUT2D eigenvalue weighted by Gasteiger charge is -2.19. The Bertz CT molecular complexity index is 1790. The van der Waals surface area contributed by atoms with Crippen molar-refractivity contribution in [2.45, 2.75) is 6.92 Å². The molecular weight excluding hydrogens is 460 g/mol. The Hall–Kier alpha value is -4.82. The first-order valence-corrected chi connectivity index (χ1v) is 13.1. The van der Waals surface area contributed by atoms with E-state index in [0.29, 0.717) is 6.54 Å². The van der Waals surface area contributed by atoms with Crippen molar-refractivity contribution < 1.29 is 0 Å². The van der Waals surface area contributed by atoms with Crippen LogP contribution in [-0.4, -0.2) is 6.54 Å². The summed E-state index contributed by atoms with van der Waals surface area (Å²) in [6, 6.07) is 40.8. The van der Waals surface area contributed by atoms with E-state index in [9.17, 15) is 0 Å². The van der Waals surface area contributed by atoms with E-state index in [2.05, 4.69) is 121 Å². The summed E-state index contributed by atoms with van der Waals surface area (Å²) in [7, 11) is 0. The zero-order valence-electron chi connectivity index (χ0n) is 21.5. The van der Waals surface area contributed by atoms with E-state index >= 15 is 0 Å². The van der Waals surface area contributed by atoms with Gasteiger partial charge in [0.05, 0.1) is 11.4 Å². The van der Waals surface area contributed by atoms with Crippen LogP contribution < -0.4 is 11.1 Å². The van der Waals surface area contributed by atoms with Crippen molar-refractivity contribution in [3.05, 3.63) is 139 Å². The maximum atomic E-state index is 6.17. The number of nitrogen functional groups attached to an aromatic ring is 1. The molecule has 2 nitrogen and oxygen atoms in total. The van der Waals surface area contributed by atoms with Gasteiger partial charge in [0.2, 0.25) is 0 Å². The second-order valence-corrected chi connectivity index (χ2v) is 9.53.